The molecule has 0 aromatic heterocycles. The minimum Gasteiger partial charge on any atom is -0.310 e. The van der Waals surface area contributed by atoms with Crippen molar-refractivity contribution in [3.63, 3.8) is 0 Å². The molecule has 1 unspecified atom stereocenters. The van der Waals surface area contributed by atoms with E-state index in [-0.39, 0.29) is 11.8 Å². The summed E-state index contributed by atoms with van der Waals surface area (Å²) < 4.78 is 21.9. The van der Waals surface area contributed by atoms with E-state index in [0.717, 1.165) is 5.56 Å². The Kier molecular flexibility index (Phi) is 5.32. The number of sulfone groups is 1. The Morgan fingerprint density at radius 2 is 2.17 bits per heavy atom. The second-order valence-electron chi connectivity index (χ2n) is 4.40. The van der Waals surface area contributed by atoms with Crippen LogP contribution in [0.15, 0.2) is 24.3 Å². The highest BCUT2D eigenvalue weighted by atomic mass is 32.2. The van der Waals surface area contributed by atoms with Crippen LogP contribution in [-0.2, 0) is 9.84 Å². The van der Waals surface area contributed by atoms with Gasteiger partial charge in [-0.3, -0.25) is 0 Å². The third kappa shape index (κ3) is 5.30. The molecule has 0 aliphatic rings. The molecule has 0 bridgehead atoms. The number of rotatable bonds is 6. The average molecular weight is 266 g/mol. The average Bonchev–Trinajstić information content (AvgIpc) is 2.33. The van der Waals surface area contributed by atoms with Crippen LogP contribution >= 0.6 is 0 Å². The van der Waals surface area contributed by atoms with Gasteiger partial charge in [-0.2, -0.15) is 5.26 Å². The summed E-state index contributed by atoms with van der Waals surface area (Å²) in [4.78, 5) is 0. The van der Waals surface area contributed by atoms with E-state index in [4.69, 9.17) is 5.26 Å². The Morgan fingerprint density at radius 1 is 1.44 bits per heavy atom. The van der Waals surface area contributed by atoms with Gasteiger partial charge in [0.15, 0.2) is 0 Å². The Labute approximate surface area is 109 Å². The lowest BCUT2D eigenvalue weighted by atomic mass is 10.1. The van der Waals surface area contributed by atoms with Crippen molar-refractivity contribution in [2.45, 2.75) is 19.4 Å². The van der Waals surface area contributed by atoms with Crippen LogP contribution in [0.25, 0.3) is 0 Å². The van der Waals surface area contributed by atoms with E-state index in [1.807, 2.05) is 25.1 Å². The molecule has 18 heavy (non-hydrogen) atoms. The lowest BCUT2D eigenvalue weighted by Crippen LogP contribution is -2.21. The van der Waals surface area contributed by atoms with Gasteiger partial charge in [-0.05, 0) is 37.6 Å². The fourth-order valence-corrected chi connectivity index (χ4v) is 2.32. The highest BCUT2D eigenvalue weighted by Crippen LogP contribution is 2.13. The molecule has 0 amide bonds. The standard InChI is InChI=1S/C13H18N2O2S/c1-11(15-7-4-8-18(2,16)17)13-6-3-5-12(9-13)10-14/h3,5-6,9,11,15H,4,7-8H2,1-2H3. The van der Waals surface area contributed by atoms with E-state index in [9.17, 15) is 8.42 Å². The topological polar surface area (TPSA) is 70.0 Å². The molecule has 1 aromatic carbocycles. The largest absolute Gasteiger partial charge is 0.310 e. The third-order valence-electron chi connectivity index (χ3n) is 2.66. The molecule has 1 rings (SSSR count). The van der Waals surface area contributed by atoms with Crippen LogP contribution in [0.1, 0.15) is 30.5 Å². The molecular weight excluding hydrogens is 248 g/mol. The van der Waals surface area contributed by atoms with Crippen LogP contribution in [0.5, 0.6) is 0 Å². The van der Waals surface area contributed by atoms with Crippen LogP contribution in [0.2, 0.25) is 0 Å². The lowest BCUT2D eigenvalue weighted by Gasteiger charge is -2.14. The van der Waals surface area contributed by atoms with Crippen molar-refractivity contribution < 1.29 is 8.42 Å². The van der Waals surface area contributed by atoms with E-state index < -0.39 is 9.84 Å². The van der Waals surface area contributed by atoms with Crippen molar-refractivity contribution in [3.8, 4) is 6.07 Å². The summed E-state index contributed by atoms with van der Waals surface area (Å²) in [5.74, 6) is 0.199. The molecule has 0 saturated carbocycles. The smallest absolute Gasteiger partial charge is 0.147 e. The summed E-state index contributed by atoms with van der Waals surface area (Å²) in [5.41, 5.74) is 1.67. The monoisotopic (exact) mass is 266 g/mol. The fraction of sp³-hybridized carbons (Fsp3) is 0.462. The van der Waals surface area contributed by atoms with Gasteiger partial charge in [0.25, 0.3) is 0 Å². The van der Waals surface area contributed by atoms with Gasteiger partial charge in [-0.1, -0.05) is 12.1 Å². The Morgan fingerprint density at radius 3 is 2.78 bits per heavy atom. The second kappa shape index (κ2) is 6.53. The van der Waals surface area contributed by atoms with E-state index in [1.54, 1.807) is 6.07 Å². The summed E-state index contributed by atoms with van der Waals surface area (Å²) in [7, 11) is -2.88. The normalized spacial score (nSPS) is 12.9. The first-order valence-corrected chi connectivity index (χ1v) is 7.89. The quantitative estimate of drug-likeness (QED) is 0.795. The first-order chi connectivity index (χ1) is 8.42. The maximum atomic E-state index is 11.0. The van der Waals surface area contributed by atoms with Gasteiger partial charge in [-0.25, -0.2) is 8.42 Å². The van der Waals surface area contributed by atoms with Crippen molar-refractivity contribution in [1.29, 1.82) is 5.26 Å². The van der Waals surface area contributed by atoms with E-state index in [0.29, 0.717) is 18.5 Å². The van der Waals surface area contributed by atoms with Crippen LogP contribution in [-0.4, -0.2) is 27.0 Å². The molecule has 0 spiro atoms. The predicted octanol–water partition coefficient (Wildman–Crippen LogP) is 1.64. The first kappa shape index (κ1) is 14.7. The summed E-state index contributed by atoms with van der Waals surface area (Å²) >= 11 is 0. The molecule has 1 aromatic rings. The minimum absolute atomic E-state index is 0.109. The van der Waals surface area contributed by atoms with Gasteiger partial charge in [0.1, 0.15) is 9.84 Å². The predicted molar refractivity (Wildman–Crippen MR) is 71.9 cm³/mol. The molecule has 0 aliphatic carbocycles. The van der Waals surface area contributed by atoms with Gasteiger partial charge >= 0.3 is 0 Å². The van der Waals surface area contributed by atoms with E-state index in [1.165, 1.54) is 6.26 Å². The van der Waals surface area contributed by atoms with Crippen molar-refractivity contribution in [2.75, 3.05) is 18.6 Å². The van der Waals surface area contributed by atoms with Gasteiger partial charge in [-0.15, -0.1) is 0 Å². The van der Waals surface area contributed by atoms with Crippen molar-refractivity contribution in [3.05, 3.63) is 35.4 Å². The molecule has 0 fully saturated rings. The van der Waals surface area contributed by atoms with E-state index in [2.05, 4.69) is 11.4 Å². The summed E-state index contributed by atoms with van der Waals surface area (Å²) in [5, 5.41) is 12.1. The number of hydrogen-bond acceptors (Lipinski definition) is 4. The molecule has 98 valence electrons. The number of nitrogens with one attached hydrogen (secondary N) is 1. The lowest BCUT2D eigenvalue weighted by molar-refractivity contribution is 0.562. The maximum absolute atomic E-state index is 11.0. The van der Waals surface area contributed by atoms with Crippen molar-refractivity contribution in [1.82, 2.24) is 5.32 Å². The molecule has 1 atom stereocenters. The molecule has 1 N–H and O–H groups in total. The zero-order valence-electron chi connectivity index (χ0n) is 10.7. The number of nitrogens with zero attached hydrogens (tertiary/aromatic N) is 1. The summed E-state index contributed by atoms with van der Waals surface area (Å²) in [6, 6.07) is 9.62. The van der Waals surface area contributed by atoms with Gasteiger partial charge < -0.3 is 5.32 Å². The van der Waals surface area contributed by atoms with Crippen LogP contribution in [0.4, 0.5) is 0 Å². The number of hydrogen-bond donors (Lipinski definition) is 1. The zero-order chi connectivity index (χ0) is 13.6. The zero-order valence-corrected chi connectivity index (χ0v) is 11.5. The second-order valence-corrected chi connectivity index (χ2v) is 6.66. The maximum Gasteiger partial charge on any atom is 0.147 e. The Hall–Kier alpha value is -1.38. The third-order valence-corrected chi connectivity index (χ3v) is 3.69. The van der Waals surface area contributed by atoms with Crippen molar-refractivity contribution in [2.24, 2.45) is 0 Å². The Bertz CT molecular complexity index is 532. The highest BCUT2D eigenvalue weighted by molar-refractivity contribution is 7.90. The number of nitriles is 1. The molecule has 4 nitrogen and oxygen atoms in total. The van der Waals surface area contributed by atoms with Gasteiger partial charge in [0.05, 0.1) is 17.4 Å². The fourth-order valence-electron chi connectivity index (χ4n) is 1.65. The van der Waals surface area contributed by atoms with Gasteiger partial charge in [0.2, 0.25) is 0 Å². The van der Waals surface area contributed by atoms with Crippen molar-refractivity contribution >= 4 is 9.84 Å². The molecule has 0 heterocycles. The Balaban J connectivity index is 2.46. The van der Waals surface area contributed by atoms with Crippen LogP contribution in [0.3, 0.4) is 0 Å². The van der Waals surface area contributed by atoms with Crippen LogP contribution in [0, 0.1) is 11.3 Å². The van der Waals surface area contributed by atoms with Gasteiger partial charge in [0, 0.05) is 12.3 Å². The SMILES string of the molecule is CC(NCCCS(C)(=O)=O)c1cccc(C#N)c1. The molecule has 0 radical (unpaired) electrons. The highest BCUT2D eigenvalue weighted by Gasteiger charge is 2.06. The molecule has 0 aliphatic heterocycles. The number of benzene rings is 1. The first-order valence-electron chi connectivity index (χ1n) is 5.83. The summed E-state index contributed by atoms with van der Waals surface area (Å²) in [6.07, 6.45) is 1.84. The van der Waals surface area contributed by atoms with Crippen LogP contribution < -0.4 is 5.32 Å². The molecule has 0 saturated heterocycles. The van der Waals surface area contributed by atoms with E-state index >= 15 is 0 Å². The summed E-state index contributed by atoms with van der Waals surface area (Å²) in [6.45, 7) is 2.64. The molecule has 5 heteroatoms. The minimum atomic E-state index is -2.88. The molecular formula is C13H18N2O2S.